The molecule has 0 radical (unpaired) electrons. The predicted molar refractivity (Wildman–Crippen MR) is 159 cm³/mol. The molecule has 2 aromatic heterocycles. The highest BCUT2D eigenvalue weighted by Crippen LogP contribution is 2.40. The lowest BCUT2D eigenvalue weighted by Crippen LogP contribution is -2.40. The second-order valence-electron chi connectivity index (χ2n) is 10.4. The number of nitrogens with zero attached hydrogens (tertiary/aromatic N) is 2. The number of benzene rings is 2. The first-order chi connectivity index (χ1) is 20.5. The molecule has 1 aliphatic carbocycles. The van der Waals surface area contributed by atoms with Crippen molar-refractivity contribution in [2.24, 2.45) is 0 Å². The number of aliphatic hydroxyl groups is 1. The van der Waals surface area contributed by atoms with Crippen LogP contribution < -0.4 is 16.2 Å². The third kappa shape index (κ3) is 5.95. The van der Waals surface area contributed by atoms with E-state index in [0.29, 0.717) is 71.5 Å². The van der Waals surface area contributed by atoms with E-state index in [9.17, 15) is 19.5 Å². The monoisotopic (exact) mass is 565 g/mol. The molecule has 0 bridgehead atoms. The number of morpholine rings is 1. The molecule has 0 unspecified atom stereocenters. The zero-order chi connectivity index (χ0) is 29.1. The van der Waals surface area contributed by atoms with Crippen LogP contribution in [0.5, 0.6) is 0 Å². The average Bonchev–Trinajstić information content (AvgIpc) is 3.88. The molecular weight excluding hydrogens is 534 g/mol. The van der Waals surface area contributed by atoms with Crippen molar-refractivity contribution in [1.29, 1.82) is 0 Å². The van der Waals surface area contributed by atoms with Crippen LogP contribution in [-0.4, -0.2) is 58.1 Å². The Morgan fingerprint density at radius 3 is 2.45 bits per heavy atom. The molecule has 4 N–H and O–H groups in total. The smallest absolute Gasteiger partial charge is 0.271 e. The Kier molecular flexibility index (Phi) is 7.81. The normalized spacial score (nSPS) is 14.8. The largest absolute Gasteiger partial charge is 0.392 e. The van der Waals surface area contributed by atoms with Gasteiger partial charge in [-0.2, -0.15) is 0 Å². The summed E-state index contributed by atoms with van der Waals surface area (Å²) in [4.78, 5) is 47.1. The highest BCUT2D eigenvalue weighted by molar-refractivity contribution is 6.05. The van der Waals surface area contributed by atoms with Crippen LogP contribution in [0.15, 0.2) is 77.9 Å². The SMILES string of the molecule is O=C(Nc1cccc(-c2c[nH]c(=O)c(Nc3ccc(C(=O)N4CCOCC4)cn3)c2)c1CO)c1ccc(C2CC2)cc1. The maximum absolute atomic E-state index is 13.0. The Morgan fingerprint density at radius 1 is 1.00 bits per heavy atom. The number of rotatable bonds is 8. The van der Waals surface area contributed by atoms with Crippen molar-refractivity contribution in [2.45, 2.75) is 25.4 Å². The van der Waals surface area contributed by atoms with Gasteiger partial charge in [-0.3, -0.25) is 14.4 Å². The van der Waals surface area contributed by atoms with Gasteiger partial charge >= 0.3 is 0 Å². The number of carbonyl (C=O) groups is 2. The van der Waals surface area contributed by atoms with Crippen molar-refractivity contribution >= 4 is 29.0 Å². The molecule has 10 nitrogen and oxygen atoms in total. The molecule has 10 heteroatoms. The number of aromatic amines is 1. The minimum Gasteiger partial charge on any atom is -0.392 e. The lowest BCUT2D eigenvalue weighted by atomic mass is 9.99. The fourth-order valence-corrected chi connectivity index (χ4v) is 5.08. The van der Waals surface area contributed by atoms with Gasteiger partial charge in [0.25, 0.3) is 17.4 Å². The standard InChI is InChI=1S/C32H31N5O5/c38-19-26-25(2-1-3-27(26)36-30(39)22-8-6-21(7-9-22)20-4-5-20)24-16-28(31(40)34-18-24)35-29-11-10-23(17-33-29)32(41)37-12-14-42-15-13-37/h1-3,6-11,16-18,20,38H,4-5,12-15,19H2,(H,33,35)(H,34,40)(H,36,39). The number of hydrogen-bond donors (Lipinski definition) is 4. The summed E-state index contributed by atoms with van der Waals surface area (Å²) >= 11 is 0. The molecule has 6 rings (SSSR count). The number of aliphatic hydroxyl groups excluding tert-OH is 1. The van der Waals surface area contributed by atoms with Gasteiger partial charge in [-0.25, -0.2) is 4.98 Å². The summed E-state index contributed by atoms with van der Waals surface area (Å²) in [7, 11) is 0. The van der Waals surface area contributed by atoms with E-state index in [1.807, 2.05) is 30.3 Å². The van der Waals surface area contributed by atoms with E-state index in [0.717, 1.165) is 0 Å². The van der Waals surface area contributed by atoms with E-state index >= 15 is 0 Å². The number of amides is 2. The number of ether oxygens (including phenoxy) is 1. The maximum Gasteiger partial charge on any atom is 0.271 e. The lowest BCUT2D eigenvalue weighted by molar-refractivity contribution is 0.0302. The summed E-state index contributed by atoms with van der Waals surface area (Å²) in [6.07, 6.45) is 5.42. The number of anilines is 3. The van der Waals surface area contributed by atoms with Gasteiger partial charge in [0.2, 0.25) is 0 Å². The summed E-state index contributed by atoms with van der Waals surface area (Å²) in [5, 5.41) is 16.2. The quantitative estimate of drug-likeness (QED) is 0.250. The molecular formula is C32H31N5O5. The van der Waals surface area contributed by atoms with E-state index in [2.05, 4.69) is 20.6 Å². The van der Waals surface area contributed by atoms with Crippen LogP contribution >= 0.6 is 0 Å². The highest BCUT2D eigenvalue weighted by atomic mass is 16.5. The zero-order valence-corrected chi connectivity index (χ0v) is 22.9. The molecule has 2 aromatic carbocycles. The molecule has 1 aliphatic heterocycles. The number of H-pyrrole nitrogens is 1. The first kappa shape index (κ1) is 27.4. The molecule has 2 amide bonds. The summed E-state index contributed by atoms with van der Waals surface area (Å²) in [6.45, 7) is 1.78. The molecule has 0 spiro atoms. The highest BCUT2D eigenvalue weighted by Gasteiger charge is 2.23. The van der Waals surface area contributed by atoms with Crippen molar-refractivity contribution in [1.82, 2.24) is 14.9 Å². The van der Waals surface area contributed by atoms with Crippen molar-refractivity contribution in [3.63, 3.8) is 0 Å². The molecule has 214 valence electrons. The van der Waals surface area contributed by atoms with Crippen molar-refractivity contribution in [2.75, 3.05) is 36.9 Å². The van der Waals surface area contributed by atoms with Crippen molar-refractivity contribution in [3.8, 4) is 11.1 Å². The van der Waals surface area contributed by atoms with Crippen LogP contribution in [0.3, 0.4) is 0 Å². The average molecular weight is 566 g/mol. The molecule has 1 saturated carbocycles. The van der Waals surface area contributed by atoms with Gasteiger partial charge in [0, 0.05) is 47.9 Å². The fraction of sp³-hybridized carbons (Fsp3) is 0.250. The Balaban J connectivity index is 1.20. The number of pyridine rings is 2. The first-order valence-electron chi connectivity index (χ1n) is 14.0. The number of nitrogens with one attached hydrogen (secondary N) is 3. The minimum atomic E-state index is -0.362. The number of carbonyl (C=O) groups excluding carboxylic acids is 2. The van der Waals surface area contributed by atoms with Gasteiger partial charge < -0.3 is 30.4 Å². The van der Waals surface area contributed by atoms with Gasteiger partial charge in [0.05, 0.1) is 25.4 Å². The van der Waals surface area contributed by atoms with Crippen LogP contribution in [0.2, 0.25) is 0 Å². The van der Waals surface area contributed by atoms with Gasteiger partial charge in [-0.15, -0.1) is 0 Å². The van der Waals surface area contributed by atoms with Crippen LogP contribution in [0.4, 0.5) is 17.2 Å². The first-order valence-corrected chi connectivity index (χ1v) is 14.0. The van der Waals surface area contributed by atoms with Gasteiger partial charge in [-0.05, 0) is 66.3 Å². The van der Waals surface area contributed by atoms with E-state index in [1.165, 1.54) is 24.6 Å². The summed E-state index contributed by atoms with van der Waals surface area (Å²) in [5.74, 6) is 0.620. The van der Waals surface area contributed by atoms with Gasteiger partial charge in [0.1, 0.15) is 11.5 Å². The molecule has 2 fully saturated rings. The Hall–Kier alpha value is -4.80. The van der Waals surface area contributed by atoms with Crippen LogP contribution in [0, 0.1) is 0 Å². The topological polar surface area (TPSA) is 137 Å². The molecule has 4 aromatic rings. The third-order valence-electron chi connectivity index (χ3n) is 7.59. The number of hydrogen-bond acceptors (Lipinski definition) is 7. The fourth-order valence-electron chi connectivity index (χ4n) is 5.08. The molecule has 3 heterocycles. The van der Waals surface area contributed by atoms with E-state index in [-0.39, 0.29) is 29.7 Å². The van der Waals surface area contributed by atoms with Gasteiger partial charge in [-0.1, -0.05) is 24.3 Å². The lowest BCUT2D eigenvalue weighted by Gasteiger charge is -2.26. The predicted octanol–water partition coefficient (Wildman–Crippen LogP) is 4.27. The van der Waals surface area contributed by atoms with E-state index < -0.39 is 0 Å². The Morgan fingerprint density at radius 2 is 1.76 bits per heavy atom. The molecule has 42 heavy (non-hydrogen) atoms. The van der Waals surface area contributed by atoms with E-state index in [4.69, 9.17) is 4.74 Å². The van der Waals surface area contributed by atoms with E-state index in [1.54, 1.807) is 41.4 Å². The summed E-state index contributed by atoms with van der Waals surface area (Å²) in [6, 6.07) is 17.9. The zero-order valence-electron chi connectivity index (χ0n) is 22.9. The second-order valence-corrected chi connectivity index (χ2v) is 10.4. The third-order valence-corrected chi connectivity index (χ3v) is 7.59. The minimum absolute atomic E-state index is 0.115. The molecule has 2 aliphatic rings. The van der Waals surface area contributed by atoms with Crippen LogP contribution in [-0.2, 0) is 11.3 Å². The van der Waals surface area contributed by atoms with Crippen molar-refractivity contribution < 1.29 is 19.4 Å². The molecule has 1 saturated heterocycles. The summed E-state index contributed by atoms with van der Waals surface area (Å²) < 4.78 is 5.31. The number of aromatic nitrogens is 2. The molecule has 0 atom stereocenters. The maximum atomic E-state index is 13.0. The van der Waals surface area contributed by atoms with Crippen LogP contribution in [0.1, 0.15) is 50.6 Å². The summed E-state index contributed by atoms with van der Waals surface area (Å²) in [5.41, 5.74) is 4.39. The van der Waals surface area contributed by atoms with Gasteiger partial charge in [0.15, 0.2) is 0 Å². The Bertz CT molecular complexity index is 1660. The van der Waals surface area contributed by atoms with Crippen LogP contribution in [0.25, 0.3) is 11.1 Å². The van der Waals surface area contributed by atoms with Crippen molar-refractivity contribution in [3.05, 3.63) is 106 Å². The second kappa shape index (κ2) is 12.0. The Labute approximate surface area is 242 Å².